The number of aromatic amines is 2. The van der Waals surface area contributed by atoms with Crippen LogP contribution >= 0.6 is 0 Å². The first-order valence-corrected chi connectivity index (χ1v) is 10.9. The second kappa shape index (κ2) is 8.71. The fraction of sp³-hybridized carbons (Fsp3) is 0.333. The van der Waals surface area contributed by atoms with Crippen LogP contribution in [0.5, 0.6) is 0 Å². The molecule has 6 heteroatoms. The Morgan fingerprint density at radius 1 is 0.800 bits per heavy atom. The molecule has 0 unspecified atom stereocenters. The van der Waals surface area contributed by atoms with E-state index in [-0.39, 0.29) is 0 Å². The largest absolute Gasteiger partial charge is 0.342 e. The Kier molecular flexibility index (Phi) is 5.48. The molecule has 1 atom stereocenters. The Bertz CT molecular complexity index is 931. The second-order valence-corrected chi connectivity index (χ2v) is 8.06. The maximum Gasteiger partial charge on any atom is 0.203 e. The zero-order valence-electron chi connectivity index (χ0n) is 17.1. The van der Waals surface area contributed by atoms with Gasteiger partial charge in [0, 0.05) is 13.1 Å². The topological polar surface area (TPSA) is 72.6 Å². The molecule has 3 N–H and O–H groups in total. The number of anilines is 1. The SMILES string of the molecule is C(=Cc1cnc([C@@H]2CCCN2)[nH]1)c1ccc(C=Cc2cnc(N3CCCC3)[nH]2)cc1. The van der Waals surface area contributed by atoms with E-state index in [0.29, 0.717) is 6.04 Å². The Hall–Kier alpha value is -3.12. The fourth-order valence-electron chi connectivity index (χ4n) is 4.12. The summed E-state index contributed by atoms with van der Waals surface area (Å²) in [5.41, 5.74) is 4.41. The number of hydrogen-bond acceptors (Lipinski definition) is 4. The maximum absolute atomic E-state index is 4.52. The lowest BCUT2D eigenvalue weighted by atomic mass is 10.1. The van der Waals surface area contributed by atoms with Crippen LogP contribution in [0.15, 0.2) is 36.7 Å². The molecular weight excluding hydrogens is 372 g/mol. The van der Waals surface area contributed by atoms with Crippen LogP contribution in [0.1, 0.15) is 60.1 Å². The van der Waals surface area contributed by atoms with Crippen LogP contribution in [0.2, 0.25) is 0 Å². The quantitative estimate of drug-likeness (QED) is 0.570. The minimum atomic E-state index is 0.375. The van der Waals surface area contributed by atoms with Crippen molar-refractivity contribution in [2.24, 2.45) is 0 Å². The molecule has 2 aliphatic heterocycles. The Morgan fingerprint density at radius 3 is 2.13 bits per heavy atom. The summed E-state index contributed by atoms with van der Waals surface area (Å²) in [4.78, 5) is 18.1. The number of hydrogen-bond donors (Lipinski definition) is 3. The summed E-state index contributed by atoms with van der Waals surface area (Å²) in [6.45, 7) is 3.28. The van der Waals surface area contributed by atoms with E-state index in [9.17, 15) is 0 Å². The second-order valence-electron chi connectivity index (χ2n) is 8.06. The van der Waals surface area contributed by atoms with Crippen LogP contribution in [0.4, 0.5) is 5.95 Å². The number of aromatic nitrogens is 4. The van der Waals surface area contributed by atoms with E-state index in [0.717, 1.165) is 49.2 Å². The van der Waals surface area contributed by atoms with Crippen LogP contribution in [-0.2, 0) is 0 Å². The van der Waals surface area contributed by atoms with Gasteiger partial charge in [-0.15, -0.1) is 0 Å². The van der Waals surface area contributed by atoms with Gasteiger partial charge in [0.25, 0.3) is 0 Å². The Labute approximate surface area is 177 Å². The molecule has 2 saturated heterocycles. The van der Waals surface area contributed by atoms with E-state index in [1.807, 2.05) is 12.4 Å². The molecular formula is C24H28N6. The molecule has 2 aliphatic rings. The van der Waals surface area contributed by atoms with Gasteiger partial charge in [0.05, 0.1) is 29.8 Å². The standard InChI is InChI=1S/C24H28N6/c1-2-15-30(14-1)24-27-17-21(29-24)12-10-19-7-5-18(6-8-19)9-11-20-16-26-23(28-20)22-4-3-13-25-22/h5-12,16-17,22,25H,1-4,13-15H2,(H,26,28)(H,27,29)/t22-/m0/s1. The summed E-state index contributed by atoms with van der Waals surface area (Å²) in [6.07, 6.45) is 17.1. The van der Waals surface area contributed by atoms with E-state index in [4.69, 9.17) is 0 Å². The lowest BCUT2D eigenvalue weighted by Crippen LogP contribution is -2.18. The van der Waals surface area contributed by atoms with Crippen molar-refractivity contribution in [1.82, 2.24) is 25.3 Å². The molecule has 0 saturated carbocycles. The number of nitrogens with one attached hydrogen (secondary N) is 3. The lowest BCUT2D eigenvalue weighted by Gasteiger charge is -2.12. The first-order chi connectivity index (χ1) is 14.8. The normalized spacial score (nSPS) is 19.6. The third-order valence-electron chi connectivity index (χ3n) is 5.84. The number of imidazole rings is 2. The summed E-state index contributed by atoms with van der Waals surface area (Å²) >= 11 is 0. The van der Waals surface area contributed by atoms with Crippen molar-refractivity contribution in [3.05, 3.63) is 65.0 Å². The molecule has 4 heterocycles. The Balaban J connectivity index is 1.19. The van der Waals surface area contributed by atoms with Gasteiger partial charge in [0.2, 0.25) is 5.95 Å². The van der Waals surface area contributed by atoms with Crippen LogP contribution in [0.25, 0.3) is 24.3 Å². The highest BCUT2D eigenvalue weighted by Gasteiger charge is 2.18. The highest BCUT2D eigenvalue weighted by molar-refractivity contribution is 5.71. The van der Waals surface area contributed by atoms with Gasteiger partial charge in [-0.25, -0.2) is 9.97 Å². The third-order valence-corrected chi connectivity index (χ3v) is 5.84. The van der Waals surface area contributed by atoms with Crippen molar-refractivity contribution in [1.29, 1.82) is 0 Å². The number of nitrogens with zero attached hydrogens (tertiary/aromatic N) is 3. The van der Waals surface area contributed by atoms with Crippen molar-refractivity contribution in [2.45, 2.75) is 31.7 Å². The highest BCUT2D eigenvalue weighted by atomic mass is 15.3. The van der Waals surface area contributed by atoms with Gasteiger partial charge in [-0.05, 0) is 55.5 Å². The molecule has 6 nitrogen and oxygen atoms in total. The van der Waals surface area contributed by atoms with Crippen molar-refractivity contribution in [2.75, 3.05) is 24.5 Å². The molecule has 3 aromatic rings. The van der Waals surface area contributed by atoms with E-state index in [2.05, 4.69) is 78.7 Å². The minimum absolute atomic E-state index is 0.375. The van der Waals surface area contributed by atoms with Crippen molar-refractivity contribution in [3.63, 3.8) is 0 Å². The van der Waals surface area contributed by atoms with Gasteiger partial charge in [-0.1, -0.05) is 36.4 Å². The molecule has 30 heavy (non-hydrogen) atoms. The van der Waals surface area contributed by atoms with Crippen LogP contribution in [0.3, 0.4) is 0 Å². The predicted molar refractivity (Wildman–Crippen MR) is 123 cm³/mol. The molecule has 0 aliphatic carbocycles. The summed E-state index contributed by atoms with van der Waals surface area (Å²) in [5.74, 6) is 2.03. The van der Waals surface area contributed by atoms with Gasteiger partial charge in [-0.3, -0.25) is 0 Å². The van der Waals surface area contributed by atoms with Crippen LogP contribution in [0, 0.1) is 0 Å². The predicted octanol–water partition coefficient (Wildman–Crippen LogP) is 4.50. The number of rotatable bonds is 6. The summed E-state index contributed by atoms with van der Waals surface area (Å²) in [6, 6.07) is 8.91. The average Bonchev–Trinajstić information content (AvgIpc) is 3.57. The van der Waals surface area contributed by atoms with Crippen molar-refractivity contribution in [3.8, 4) is 0 Å². The van der Waals surface area contributed by atoms with Crippen molar-refractivity contribution >= 4 is 30.3 Å². The molecule has 154 valence electrons. The van der Waals surface area contributed by atoms with Crippen LogP contribution in [-0.4, -0.2) is 39.6 Å². The van der Waals surface area contributed by atoms with E-state index in [1.54, 1.807) is 0 Å². The monoisotopic (exact) mass is 400 g/mol. The zero-order chi connectivity index (χ0) is 20.2. The summed E-state index contributed by atoms with van der Waals surface area (Å²) < 4.78 is 0. The molecule has 0 spiro atoms. The molecule has 2 fully saturated rings. The first-order valence-electron chi connectivity index (χ1n) is 10.9. The summed E-state index contributed by atoms with van der Waals surface area (Å²) in [5, 5.41) is 3.47. The molecule has 0 bridgehead atoms. The highest BCUT2D eigenvalue weighted by Crippen LogP contribution is 2.21. The van der Waals surface area contributed by atoms with E-state index >= 15 is 0 Å². The van der Waals surface area contributed by atoms with E-state index < -0.39 is 0 Å². The molecule has 0 radical (unpaired) electrons. The molecule has 1 aromatic carbocycles. The third kappa shape index (κ3) is 4.39. The van der Waals surface area contributed by atoms with Gasteiger partial charge in [-0.2, -0.15) is 0 Å². The molecule has 2 aromatic heterocycles. The summed E-state index contributed by atoms with van der Waals surface area (Å²) in [7, 11) is 0. The molecule has 0 amide bonds. The number of H-pyrrole nitrogens is 2. The fourth-order valence-corrected chi connectivity index (χ4v) is 4.12. The van der Waals surface area contributed by atoms with Gasteiger partial charge < -0.3 is 20.2 Å². The number of benzene rings is 1. The zero-order valence-corrected chi connectivity index (χ0v) is 17.1. The average molecular weight is 401 g/mol. The van der Waals surface area contributed by atoms with Crippen LogP contribution < -0.4 is 10.2 Å². The smallest absolute Gasteiger partial charge is 0.203 e. The van der Waals surface area contributed by atoms with Gasteiger partial charge in [0.1, 0.15) is 5.82 Å². The van der Waals surface area contributed by atoms with Crippen molar-refractivity contribution < 1.29 is 0 Å². The van der Waals surface area contributed by atoms with Gasteiger partial charge >= 0.3 is 0 Å². The lowest BCUT2D eigenvalue weighted by molar-refractivity contribution is 0.612. The maximum atomic E-state index is 4.52. The van der Waals surface area contributed by atoms with Gasteiger partial charge in [0.15, 0.2) is 0 Å². The molecule has 5 rings (SSSR count). The minimum Gasteiger partial charge on any atom is -0.342 e. The first kappa shape index (κ1) is 18.9. The van der Waals surface area contributed by atoms with E-state index in [1.165, 1.54) is 30.4 Å². The Morgan fingerprint density at radius 2 is 1.47 bits per heavy atom.